The molecule has 0 bridgehead atoms. The number of hydrogen-bond donors (Lipinski definition) is 2. The molecule has 21 heavy (non-hydrogen) atoms. The van der Waals surface area contributed by atoms with E-state index in [-0.39, 0.29) is 6.54 Å². The van der Waals surface area contributed by atoms with Crippen LogP contribution in [0.25, 0.3) is 0 Å². The zero-order valence-corrected chi connectivity index (χ0v) is 13.1. The molecule has 0 amide bonds. The van der Waals surface area contributed by atoms with Gasteiger partial charge in [-0.25, -0.2) is 0 Å². The van der Waals surface area contributed by atoms with Crippen molar-refractivity contribution in [3.63, 3.8) is 0 Å². The lowest BCUT2D eigenvalue weighted by molar-refractivity contribution is -0.0348. The molecule has 1 aliphatic carbocycles. The van der Waals surface area contributed by atoms with Crippen molar-refractivity contribution in [2.45, 2.75) is 57.2 Å². The van der Waals surface area contributed by atoms with E-state index in [4.69, 9.17) is 10.5 Å². The van der Waals surface area contributed by atoms with Crippen LogP contribution in [-0.2, 0) is 10.3 Å². The maximum atomic E-state index is 10.7. The highest BCUT2D eigenvalue weighted by atomic mass is 16.5. The topological polar surface area (TPSA) is 55.5 Å². The Morgan fingerprint density at radius 2 is 2.05 bits per heavy atom. The fourth-order valence-electron chi connectivity index (χ4n) is 3.27. The Morgan fingerprint density at radius 3 is 2.71 bits per heavy atom. The van der Waals surface area contributed by atoms with Crippen LogP contribution in [0.2, 0.25) is 0 Å². The largest absolute Gasteiger partial charge is 0.384 e. The third-order valence-corrected chi connectivity index (χ3v) is 4.83. The second kappa shape index (κ2) is 7.92. The predicted octanol–water partition coefficient (Wildman–Crippen LogP) is 3.21. The van der Waals surface area contributed by atoms with Gasteiger partial charge in [0.15, 0.2) is 0 Å². The lowest BCUT2D eigenvalue weighted by Crippen LogP contribution is -2.36. The maximum absolute atomic E-state index is 10.7. The Hall–Kier alpha value is -0.900. The third-order valence-electron chi connectivity index (χ3n) is 4.83. The van der Waals surface area contributed by atoms with E-state index < -0.39 is 5.60 Å². The quantitative estimate of drug-likeness (QED) is 0.811. The van der Waals surface area contributed by atoms with Gasteiger partial charge in [-0.3, -0.25) is 0 Å². The minimum Gasteiger partial charge on any atom is -0.384 e. The van der Waals surface area contributed by atoms with Crippen molar-refractivity contribution in [2.24, 2.45) is 11.7 Å². The number of aliphatic hydroxyl groups is 1. The lowest BCUT2D eigenvalue weighted by Gasteiger charge is -2.31. The molecule has 1 aromatic rings. The summed E-state index contributed by atoms with van der Waals surface area (Å²) in [7, 11) is 0. The minimum atomic E-state index is -0.972. The van der Waals surface area contributed by atoms with E-state index in [0.29, 0.717) is 19.1 Å². The molecule has 0 heterocycles. The standard InChI is InChI=1S/C18H29NO2/c1-2-15-7-6-10-17(13-15)21-12-11-18(20,14-19)16-8-4-3-5-9-16/h3-5,8-9,15,17,20H,2,6-7,10-14,19H2,1H3. The van der Waals surface area contributed by atoms with Gasteiger partial charge in [-0.15, -0.1) is 0 Å². The third kappa shape index (κ3) is 4.53. The highest BCUT2D eigenvalue weighted by Gasteiger charge is 2.28. The number of nitrogens with two attached hydrogens (primary N) is 1. The van der Waals surface area contributed by atoms with E-state index in [9.17, 15) is 5.11 Å². The van der Waals surface area contributed by atoms with Crippen LogP contribution in [0.3, 0.4) is 0 Å². The van der Waals surface area contributed by atoms with Crippen LogP contribution in [0, 0.1) is 5.92 Å². The average Bonchev–Trinajstić information content (AvgIpc) is 2.55. The number of benzene rings is 1. The Bertz CT molecular complexity index is 409. The molecule has 3 unspecified atom stereocenters. The van der Waals surface area contributed by atoms with E-state index in [2.05, 4.69) is 6.92 Å². The van der Waals surface area contributed by atoms with Crippen molar-refractivity contribution >= 4 is 0 Å². The molecule has 3 atom stereocenters. The summed E-state index contributed by atoms with van der Waals surface area (Å²) in [5.41, 5.74) is 5.70. The van der Waals surface area contributed by atoms with Gasteiger partial charge in [0.1, 0.15) is 5.60 Å². The maximum Gasteiger partial charge on any atom is 0.104 e. The molecular weight excluding hydrogens is 262 g/mol. The second-order valence-corrected chi connectivity index (χ2v) is 6.29. The predicted molar refractivity (Wildman–Crippen MR) is 86.0 cm³/mol. The van der Waals surface area contributed by atoms with Gasteiger partial charge in [-0.2, -0.15) is 0 Å². The first-order chi connectivity index (χ1) is 10.2. The molecule has 0 saturated heterocycles. The van der Waals surface area contributed by atoms with Crippen molar-refractivity contribution in [1.29, 1.82) is 0 Å². The first-order valence-corrected chi connectivity index (χ1v) is 8.27. The van der Waals surface area contributed by atoms with Crippen LogP contribution < -0.4 is 5.73 Å². The van der Waals surface area contributed by atoms with Crippen molar-refractivity contribution in [1.82, 2.24) is 0 Å². The van der Waals surface area contributed by atoms with Crippen LogP contribution >= 0.6 is 0 Å². The molecular formula is C18H29NO2. The summed E-state index contributed by atoms with van der Waals surface area (Å²) >= 11 is 0. The van der Waals surface area contributed by atoms with Crippen molar-refractivity contribution in [2.75, 3.05) is 13.2 Å². The minimum absolute atomic E-state index is 0.225. The van der Waals surface area contributed by atoms with Gasteiger partial charge in [0.2, 0.25) is 0 Å². The highest BCUT2D eigenvalue weighted by molar-refractivity contribution is 5.22. The molecule has 1 fully saturated rings. The van der Waals surface area contributed by atoms with E-state index in [0.717, 1.165) is 17.9 Å². The molecule has 2 rings (SSSR count). The number of hydrogen-bond acceptors (Lipinski definition) is 3. The van der Waals surface area contributed by atoms with Gasteiger partial charge in [0.25, 0.3) is 0 Å². The Morgan fingerprint density at radius 1 is 1.29 bits per heavy atom. The van der Waals surface area contributed by atoms with Gasteiger partial charge in [-0.1, -0.05) is 56.5 Å². The van der Waals surface area contributed by atoms with Crippen molar-refractivity contribution in [3.8, 4) is 0 Å². The molecule has 1 saturated carbocycles. The highest BCUT2D eigenvalue weighted by Crippen LogP contribution is 2.29. The fourth-order valence-corrected chi connectivity index (χ4v) is 3.27. The van der Waals surface area contributed by atoms with Crippen molar-refractivity contribution < 1.29 is 9.84 Å². The van der Waals surface area contributed by atoms with Gasteiger partial charge >= 0.3 is 0 Å². The van der Waals surface area contributed by atoms with Crippen molar-refractivity contribution in [3.05, 3.63) is 35.9 Å². The van der Waals surface area contributed by atoms with Crippen LogP contribution in [-0.4, -0.2) is 24.4 Å². The first-order valence-electron chi connectivity index (χ1n) is 8.27. The van der Waals surface area contributed by atoms with Crippen LogP contribution in [0.5, 0.6) is 0 Å². The summed E-state index contributed by atoms with van der Waals surface area (Å²) in [6.45, 7) is 3.06. The molecule has 0 aliphatic heterocycles. The summed E-state index contributed by atoms with van der Waals surface area (Å²) in [5, 5.41) is 10.7. The monoisotopic (exact) mass is 291 g/mol. The molecule has 3 nitrogen and oxygen atoms in total. The van der Waals surface area contributed by atoms with E-state index in [1.165, 1.54) is 25.7 Å². The molecule has 3 heteroatoms. The summed E-state index contributed by atoms with van der Waals surface area (Å²) in [4.78, 5) is 0. The molecule has 1 aliphatic rings. The van der Waals surface area contributed by atoms with E-state index in [1.807, 2.05) is 30.3 Å². The summed E-state index contributed by atoms with van der Waals surface area (Å²) in [6.07, 6.45) is 7.10. The summed E-state index contributed by atoms with van der Waals surface area (Å²) in [5.74, 6) is 0.811. The number of ether oxygens (including phenoxy) is 1. The van der Waals surface area contributed by atoms with Gasteiger partial charge < -0.3 is 15.6 Å². The summed E-state index contributed by atoms with van der Waals surface area (Å²) < 4.78 is 6.02. The lowest BCUT2D eigenvalue weighted by atomic mass is 9.85. The average molecular weight is 291 g/mol. The molecule has 0 spiro atoms. The second-order valence-electron chi connectivity index (χ2n) is 6.29. The van der Waals surface area contributed by atoms with Crippen LogP contribution in [0.1, 0.15) is 51.0 Å². The SMILES string of the molecule is CCC1CCCC(OCCC(O)(CN)c2ccccc2)C1. The van der Waals surface area contributed by atoms with Crippen LogP contribution in [0.4, 0.5) is 0 Å². The Labute approximate surface area is 128 Å². The first kappa shape index (κ1) is 16.5. The smallest absolute Gasteiger partial charge is 0.104 e. The molecule has 1 aromatic carbocycles. The van der Waals surface area contributed by atoms with E-state index in [1.54, 1.807) is 0 Å². The van der Waals surface area contributed by atoms with E-state index >= 15 is 0 Å². The zero-order chi connectivity index (χ0) is 15.1. The Kier molecular flexibility index (Phi) is 6.22. The molecule has 0 aromatic heterocycles. The fraction of sp³-hybridized carbons (Fsp3) is 0.667. The molecule has 3 N–H and O–H groups in total. The normalized spacial score (nSPS) is 25.5. The number of rotatable bonds is 7. The molecule has 0 radical (unpaired) electrons. The van der Waals surface area contributed by atoms with Crippen LogP contribution in [0.15, 0.2) is 30.3 Å². The molecule has 118 valence electrons. The summed E-state index contributed by atoms with van der Waals surface area (Å²) in [6, 6.07) is 9.68. The van der Waals surface area contributed by atoms with Gasteiger partial charge in [0, 0.05) is 13.0 Å². The Balaban J connectivity index is 1.83. The zero-order valence-electron chi connectivity index (χ0n) is 13.1. The van der Waals surface area contributed by atoms with Gasteiger partial charge in [-0.05, 0) is 24.3 Å². The van der Waals surface area contributed by atoms with Gasteiger partial charge in [0.05, 0.1) is 12.7 Å².